The minimum Gasteiger partial charge on any atom is -0.383 e. The first-order valence-electron chi connectivity index (χ1n) is 9.69. The summed E-state index contributed by atoms with van der Waals surface area (Å²) in [5.41, 5.74) is 4.11. The monoisotopic (exact) mass is 390 g/mol. The molecule has 0 unspecified atom stereocenters. The first-order chi connectivity index (χ1) is 14.1. The Morgan fingerprint density at radius 3 is 2.59 bits per heavy atom. The molecule has 1 amide bonds. The van der Waals surface area contributed by atoms with Gasteiger partial charge in [0.25, 0.3) is 5.91 Å². The molecule has 3 aromatic rings. The number of benzene rings is 2. The normalized spacial score (nSPS) is 10.6. The van der Waals surface area contributed by atoms with Crippen LogP contribution in [0.25, 0.3) is 11.4 Å². The van der Waals surface area contributed by atoms with Crippen LogP contribution in [0.4, 0.5) is 11.5 Å². The summed E-state index contributed by atoms with van der Waals surface area (Å²) in [7, 11) is 1.64. The van der Waals surface area contributed by atoms with Gasteiger partial charge in [0.2, 0.25) is 0 Å². The molecular formula is C23H26N4O2. The maximum atomic E-state index is 13.0. The van der Waals surface area contributed by atoms with Crippen LogP contribution in [0.5, 0.6) is 0 Å². The largest absolute Gasteiger partial charge is 0.383 e. The van der Waals surface area contributed by atoms with Crippen molar-refractivity contribution in [2.75, 3.05) is 30.9 Å². The number of hydrogen-bond donors (Lipinski definition) is 2. The molecule has 0 saturated heterocycles. The molecule has 0 bridgehead atoms. The van der Waals surface area contributed by atoms with E-state index in [0.717, 1.165) is 28.8 Å². The quantitative estimate of drug-likeness (QED) is 0.560. The second-order valence-electron chi connectivity index (χ2n) is 6.66. The second kappa shape index (κ2) is 9.80. The van der Waals surface area contributed by atoms with Crippen molar-refractivity contribution in [3.8, 4) is 11.4 Å². The van der Waals surface area contributed by atoms with E-state index in [2.05, 4.69) is 27.5 Å². The Morgan fingerprint density at radius 2 is 1.86 bits per heavy atom. The highest BCUT2D eigenvalue weighted by Crippen LogP contribution is 2.23. The van der Waals surface area contributed by atoms with Crippen LogP contribution in [-0.2, 0) is 11.2 Å². The number of methoxy groups -OCH3 is 1. The number of para-hydroxylation sites is 1. The van der Waals surface area contributed by atoms with E-state index in [-0.39, 0.29) is 5.91 Å². The molecule has 0 aliphatic heterocycles. The predicted octanol–water partition coefficient (Wildman–Crippen LogP) is 4.33. The van der Waals surface area contributed by atoms with Crippen molar-refractivity contribution < 1.29 is 9.53 Å². The van der Waals surface area contributed by atoms with Gasteiger partial charge in [0, 0.05) is 31.0 Å². The molecule has 6 nitrogen and oxygen atoms in total. The number of nitrogens with one attached hydrogen (secondary N) is 2. The molecule has 29 heavy (non-hydrogen) atoms. The zero-order valence-corrected chi connectivity index (χ0v) is 17.0. The lowest BCUT2D eigenvalue weighted by Crippen LogP contribution is -2.18. The highest BCUT2D eigenvalue weighted by molar-refractivity contribution is 6.04. The highest BCUT2D eigenvalue weighted by atomic mass is 16.5. The number of carbonyl (C=O) groups is 1. The Labute approximate surface area is 171 Å². The van der Waals surface area contributed by atoms with E-state index in [0.29, 0.717) is 30.5 Å². The number of nitrogens with zero attached hydrogens (tertiary/aromatic N) is 2. The zero-order chi connectivity index (χ0) is 20.6. The first-order valence-corrected chi connectivity index (χ1v) is 9.69. The van der Waals surface area contributed by atoms with Crippen LogP contribution in [0.3, 0.4) is 0 Å². The maximum Gasteiger partial charge on any atom is 0.274 e. The topological polar surface area (TPSA) is 76.1 Å². The lowest BCUT2D eigenvalue weighted by Gasteiger charge is -2.14. The molecule has 2 N–H and O–H groups in total. The van der Waals surface area contributed by atoms with Crippen molar-refractivity contribution >= 4 is 17.4 Å². The van der Waals surface area contributed by atoms with Gasteiger partial charge in [0.15, 0.2) is 5.82 Å². The van der Waals surface area contributed by atoms with Crippen LogP contribution in [-0.4, -0.2) is 36.1 Å². The third-order valence-electron chi connectivity index (χ3n) is 4.58. The van der Waals surface area contributed by atoms with Crippen LogP contribution in [0.1, 0.15) is 28.5 Å². The molecule has 3 rings (SSSR count). The Bertz CT molecular complexity index is 974. The summed E-state index contributed by atoms with van der Waals surface area (Å²) in [5.74, 6) is 0.823. The maximum absolute atomic E-state index is 13.0. The number of hydrogen-bond acceptors (Lipinski definition) is 5. The number of amides is 1. The van der Waals surface area contributed by atoms with Gasteiger partial charge in [-0.2, -0.15) is 0 Å². The van der Waals surface area contributed by atoms with Gasteiger partial charge >= 0.3 is 0 Å². The standard InChI is InChI=1S/C23H26N4O2/c1-4-17-12-8-9-16(2)21(17)27-23(28)19-15-20(24-13-14-29-3)26-22(25-19)18-10-6-5-7-11-18/h5-12,15H,4,13-14H2,1-3H3,(H,27,28)(H,24,25,26). The fourth-order valence-corrected chi connectivity index (χ4v) is 3.03. The summed E-state index contributed by atoms with van der Waals surface area (Å²) < 4.78 is 5.09. The Hall–Kier alpha value is -3.25. The average molecular weight is 390 g/mol. The molecule has 0 spiro atoms. The van der Waals surface area contributed by atoms with E-state index >= 15 is 0 Å². The summed E-state index contributed by atoms with van der Waals surface area (Å²) in [4.78, 5) is 22.1. The van der Waals surface area contributed by atoms with Crippen molar-refractivity contribution in [2.45, 2.75) is 20.3 Å². The molecular weight excluding hydrogens is 364 g/mol. The van der Waals surface area contributed by atoms with Crippen molar-refractivity contribution in [2.24, 2.45) is 0 Å². The summed E-state index contributed by atoms with van der Waals surface area (Å²) >= 11 is 0. The number of aromatic nitrogens is 2. The van der Waals surface area contributed by atoms with Gasteiger partial charge in [0.05, 0.1) is 6.61 Å². The van der Waals surface area contributed by atoms with E-state index in [1.807, 2.05) is 55.5 Å². The van der Waals surface area contributed by atoms with E-state index < -0.39 is 0 Å². The van der Waals surface area contributed by atoms with Crippen LogP contribution < -0.4 is 10.6 Å². The molecule has 2 aromatic carbocycles. The first kappa shape index (κ1) is 20.5. The van der Waals surface area contributed by atoms with Gasteiger partial charge in [-0.3, -0.25) is 4.79 Å². The summed E-state index contributed by atoms with van der Waals surface area (Å²) in [5, 5.41) is 6.23. The smallest absolute Gasteiger partial charge is 0.274 e. The van der Waals surface area contributed by atoms with E-state index in [4.69, 9.17) is 4.74 Å². The summed E-state index contributed by atoms with van der Waals surface area (Å²) in [6, 6.07) is 17.3. The molecule has 1 heterocycles. The van der Waals surface area contributed by atoms with Crippen molar-refractivity contribution in [1.29, 1.82) is 0 Å². The molecule has 0 atom stereocenters. The molecule has 150 valence electrons. The Morgan fingerprint density at radius 1 is 1.07 bits per heavy atom. The lowest BCUT2D eigenvalue weighted by atomic mass is 10.1. The van der Waals surface area contributed by atoms with Crippen molar-refractivity contribution in [3.63, 3.8) is 0 Å². The minimum atomic E-state index is -0.261. The number of carbonyl (C=O) groups excluding carboxylic acids is 1. The fraction of sp³-hybridized carbons (Fsp3) is 0.261. The molecule has 0 saturated carbocycles. The summed E-state index contributed by atoms with van der Waals surface area (Å²) in [6.45, 7) is 5.18. The van der Waals surface area contributed by atoms with Crippen LogP contribution in [0, 0.1) is 6.92 Å². The average Bonchev–Trinajstić information content (AvgIpc) is 2.75. The molecule has 6 heteroatoms. The number of anilines is 2. The molecule has 1 aromatic heterocycles. The molecule has 0 fully saturated rings. The zero-order valence-electron chi connectivity index (χ0n) is 17.0. The fourth-order valence-electron chi connectivity index (χ4n) is 3.03. The van der Waals surface area contributed by atoms with Gasteiger partial charge in [-0.25, -0.2) is 9.97 Å². The second-order valence-corrected chi connectivity index (χ2v) is 6.66. The molecule has 0 radical (unpaired) electrons. The molecule has 0 aliphatic carbocycles. The van der Waals surface area contributed by atoms with Gasteiger partial charge in [-0.15, -0.1) is 0 Å². The van der Waals surface area contributed by atoms with E-state index in [9.17, 15) is 4.79 Å². The predicted molar refractivity (Wildman–Crippen MR) is 116 cm³/mol. The Kier molecular flexibility index (Phi) is 6.92. The number of rotatable bonds is 8. The van der Waals surface area contributed by atoms with Gasteiger partial charge in [-0.05, 0) is 24.5 Å². The van der Waals surface area contributed by atoms with Crippen LogP contribution >= 0.6 is 0 Å². The van der Waals surface area contributed by atoms with Crippen LogP contribution in [0.15, 0.2) is 54.6 Å². The van der Waals surface area contributed by atoms with Gasteiger partial charge < -0.3 is 15.4 Å². The lowest BCUT2D eigenvalue weighted by molar-refractivity contribution is 0.102. The van der Waals surface area contributed by atoms with Gasteiger partial charge in [0.1, 0.15) is 11.5 Å². The third-order valence-corrected chi connectivity index (χ3v) is 4.58. The molecule has 0 aliphatic rings. The van der Waals surface area contributed by atoms with Crippen LogP contribution in [0.2, 0.25) is 0 Å². The Balaban J connectivity index is 1.95. The SMILES string of the molecule is CCc1cccc(C)c1NC(=O)c1cc(NCCOC)nc(-c2ccccc2)n1. The minimum absolute atomic E-state index is 0.261. The van der Waals surface area contributed by atoms with Gasteiger partial charge in [-0.1, -0.05) is 55.5 Å². The van der Waals surface area contributed by atoms with Crippen molar-refractivity contribution in [1.82, 2.24) is 9.97 Å². The number of ether oxygens (including phenoxy) is 1. The van der Waals surface area contributed by atoms with E-state index in [1.54, 1.807) is 13.2 Å². The van der Waals surface area contributed by atoms with Crippen molar-refractivity contribution in [3.05, 3.63) is 71.4 Å². The third kappa shape index (κ3) is 5.18. The number of aryl methyl sites for hydroxylation is 2. The van der Waals surface area contributed by atoms with E-state index in [1.165, 1.54) is 0 Å². The summed E-state index contributed by atoms with van der Waals surface area (Å²) in [6.07, 6.45) is 0.833. The highest BCUT2D eigenvalue weighted by Gasteiger charge is 2.15.